The first-order valence-electron chi connectivity index (χ1n) is 6.28. The van der Waals surface area contributed by atoms with Gasteiger partial charge >= 0.3 is 5.97 Å². The van der Waals surface area contributed by atoms with Crippen molar-refractivity contribution in [3.05, 3.63) is 35.9 Å². The van der Waals surface area contributed by atoms with Crippen LogP contribution < -0.4 is 0 Å². The van der Waals surface area contributed by atoms with Crippen LogP contribution in [0.2, 0.25) is 0 Å². The lowest BCUT2D eigenvalue weighted by atomic mass is 10.1. The van der Waals surface area contributed by atoms with Gasteiger partial charge < -0.3 is 9.47 Å². The first-order chi connectivity index (χ1) is 9.03. The summed E-state index contributed by atoms with van der Waals surface area (Å²) in [6.07, 6.45) is -1.95. The molecule has 0 aromatic heterocycles. The molecule has 1 aliphatic heterocycles. The number of alkyl halides is 2. The SMILES string of the molecule is CCC1OC(COC(=O)c2ccccc2)CC1(F)F. The Morgan fingerprint density at radius 3 is 2.68 bits per heavy atom. The Labute approximate surface area is 110 Å². The second-order valence-electron chi connectivity index (χ2n) is 4.58. The number of benzene rings is 1. The molecule has 0 saturated carbocycles. The van der Waals surface area contributed by atoms with Crippen molar-refractivity contribution in [2.75, 3.05) is 6.61 Å². The Morgan fingerprint density at radius 2 is 2.11 bits per heavy atom. The molecule has 2 unspecified atom stereocenters. The smallest absolute Gasteiger partial charge is 0.338 e. The molecule has 5 heteroatoms. The van der Waals surface area contributed by atoms with Crippen molar-refractivity contribution >= 4 is 5.97 Å². The Morgan fingerprint density at radius 1 is 1.42 bits per heavy atom. The summed E-state index contributed by atoms with van der Waals surface area (Å²) in [6.45, 7) is 1.51. The summed E-state index contributed by atoms with van der Waals surface area (Å²) in [5.74, 6) is -3.36. The molecule has 3 nitrogen and oxygen atoms in total. The van der Waals surface area contributed by atoms with Gasteiger partial charge in [-0.15, -0.1) is 0 Å². The van der Waals surface area contributed by atoms with Gasteiger partial charge in [0.2, 0.25) is 0 Å². The predicted molar refractivity (Wildman–Crippen MR) is 65.2 cm³/mol. The van der Waals surface area contributed by atoms with Crippen LogP contribution in [0.25, 0.3) is 0 Å². The first kappa shape index (κ1) is 13.9. The number of halogens is 2. The average Bonchev–Trinajstić information content (AvgIpc) is 2.71. The Kier molecular flexibility index (Phi) is 4.14. The van der Waals surface area contributed by atoms with Crippen molar-refractivity contribution in [2.24, 2.45) is 0 Å². The molecule has 1 aromatic rings. The summed E-state index contributed by atoms with van der Waals surface area (Å²) in [6, 6.07) is 8.43. The summed E-state index contributed by atoms with van der Waals surface area (Å²) < 4.78 is 37.1. The first-order valence-corrected chi connectivity index (χ1v) is 6.28. The van der Waals surface area contributed by atoms with E-state index in [-0.39, 0.29) is 13.0 Å². The lowest BCUT2D eigenvalue weighted by Crippen LogP contribution is -2.27. The quantitative estimate of drug-likeness (QED) is 0.789. The van der Waals surface area contributed by atoms with Crippen molar-refractivity contribution in [1.29, 1.82) is 0 Å². The van der Waals surface area contributed by atoms with E-state index in [2.05, 4.69) is 0 Å². The molecule has 0 spiro atoms. The van der Waals surface area contributed by atoms with Gasteiger partial charge in [-0.3, -0.25) is 0 Å². The number of hydrogen-bond donors (Lipinski definition) is 0. The van der Waals surface area contributed by atoms with Gasteiger partial charge in [0, 0.05) is 6.42 Å². The molecule has 0 bridgehead atoms. The summed E-state index contributed by atoms with van der Waals surface area (Å²) in [5.41, 5.74) is 0.402. The topological polar surface area (TPSA) is 35.5 Å². The highest BCUT2D eigenvalue weighted by Crippen LogP contribution is 2.37. The zero-order valence-corrected chi connectivity index (χ0v) is 10.6. The zero-order chi connectivity index (χ0) is 13.9. The minimum absolute atomic E-state index is 0.139. The molecular weight excluding hydrogens is 254 g/mol. The van der Waals surface area contributed by atoms with Crippen LogP contribution in [0.15, 0.2) is 30.3 Å². The Hall–Kier alpha value is -1.49. The van der Waals surface area contributed by atoms with Crippen LogP contribution in [0.4, 0.5) is 8.78 Å². The number of rotatable bonds is 4. The maximum atomic E-state index is 13.4. The minimum atomic E-state index is -2.83. The molecule has 1 aliphatic rings. The number of carbonyl (C=O) groups excluding carboxylic acids is 1. The normalized spacial score (nSPS) is 25.2. The van der Waals surface area contributed by atoms with Gasteiger partial charge in [-0.25, -0.2) is 13.6 Å². The van der Waals surface area contributed by atoms with E-state index in [1.54, 1.807) is 37.3 Å². The fourth-order valence-corrected chi connectivity index (χ4v) is 2.13. The maximum absolute atomic E-state index is 13.4. The third-order valence-corrected chi connectivity index (χ3v) is 3.11. The van der Waals surface area contributed by atoms with E-state index in [0.717, 1.165) is 0 Å². The van der Waals surface area contributed by atoms with Crippen LogP contribution in [0.5, 0.6) is 0 Å². The van der Waals surface area contributed by atoms with E-state index in [1.807, 2.05) is 0 Å². The third-order valence-electron chi connectivity index (χ3n) is 3.11. The van der Waals surface area contributed by atoms with Gasteiger partial charge in [0.15, 0.2) is 0 Å². The summed E-state index contributed by atoms with van der Waals surface area (Å²) in [4.78, 5) is 11.6. The van der Waals surface area contributed by atoms with Crippen LogP contribution in [-0.4, -0.2) is 30.7 Å². The largest absolute Gasteiger partial charge is 0.459 e. The van der Waals surface area contributed by atoms with Gasteiger partial charge in [0.25, 0.3) is 5.92 Å². The minimum Gasteiger partial charge on any atom is -0.459 e. The Bertz CT molecular complexity index is 434. The highest BCUT2D eigenvalue weighted by atomic mass is 19.3. The molecule has 1 fully saturated rings. The molecule has 2 rings (SSSR count). The van der Waals surface area contributed by atoms with Crippen LogP contribution in [-0.2, 0) is 9.47 Å². The van der Waals surface area contributed by atoms with Crippen LogP contribution >= 0.6 is 0 Å². The van der Waals surface area contributed by atoms with Gasteiger partial charge in [-0.05, 0) is 18.6 Å². The molecule has 1 heterocycles. The molecule has 0 N–H and O–H groups in total. The van der Waals surface area contributed by atoms with Crippen molar-refractivity contribution in [1.82, 2.24) is 0 Å². The molecule has 2 atom stereocenters. The summed E-state index contributed by atoms with van der Waals surface area (Å²) in [7, 11) is 0. The monoisotopic (exact) mass is 270 g/mol. The molecule has 0 amide bonds. The van der Waals surface area contributed by atoms with E-state index >= 15 is 0 Å². The molecule has 1 saturated heterocycles. The van der Waals surface area contributed by atoms with Gasteiger partial charge in [-0.2, -0.15) is 0 Å². The van der Waals surface area contributed by atoms with Crippen LogP contribution in [0.3, 0.4) is 0 Å². The lowest BCUT2D eigenvalue weighted by Gasteiger charge is -2.14. The van der Waals surface area contributed by atoms with E-state index in [1.165, 1.54) is 0 Å². The van der Waals surface area contributed by atoms with Crippen LogP contribution in [0, 0.1) is 0 Å². The number of carbonyl (C=O) groups is 1. The van der Waals surface area contributed by atoms with Gasteiger partial charge in [-0.1, -0.05) is 25.1 Å². The molecule has 1 aromatic carbocycles. The van der Waals surface area contributed by atoms with Crippen molar-refractivity contribution in [3.63, 3.8) is 0 Å². The second kappa shape index (κ2) is 5.65. The molecule has 19 heavy (non-hydrogen) atoms. The number of esters is 1. The highest BCUT2D eigenvalue weighted by molar-refractivity contribution is 5.89. The zero-order valence-electron chi connectivity index (χ0n) is 10.6. The Balaban J connectivity index is 1.86. The lowest BCUT2D eigenvalue weighted by molar-refractivity contribution is -0.0793. The standard InChI is InChI=1S/C14H16F2O3/c1-2-12-14(15,16)8-11(19-12)9-18-13(17)10-6-4-3-5-7-10/h3-7,11-12H,2,8-9H2,1H3. The van der Waals surface area contributed by atoms with Crippen molar-refractivity contribution < 1.29 is 23.0 Å². The van der Waals surface area contributed by atoms with Crippen LogP contribution in [0.1, 0.15) is 30.1 Å². The highest BCUT2D eigenvalue weighted by Gasteiger charge is 2.49. The van der Waals surface area contributed by atoms with E-state index in [4.69, 9.17) is 9.47 Å². The summed E-state index contributed by atoms with van der Waals surface area (Å²) in [5, 5.41) is 0. The van der Waals surface area contributed by atoms with Crippen molar-refractivity contribution in [3.8, 4) is 0 Å². The fourth-order valence-electron chi connectivity index (χ4n) is 2.13. The average molecular weight is 270 g/mol. The van der Waals surface area contributed by atoms with Crippen molar-refractivity contribution in [2.45, 2.75) is 37.9 Å². The number of hydrogen-bond acceptors (Lipinski definition) is 3. The second-order valence-corrected chi connectivity index (χ2v) is 4.58. The molecular formula is C14H16F2O3. The summed E-state index contributed by atoms with van der Waals surface area (Å²) >= 11 is 0. The van der Waals surface area contributed by atoms with E-state index < -0.39 is 30.5 Å². The maximum Gasteiger partial charge on any atom is 0.338 e. The predicted octanol–water partition coefficient (Wildman–Crippen LogP) is 3.05. The van der Waals surface area contributed by atoms with E-state index in [0.29, 0.717) is 5.56 Å². The molecule has 104 valence electrons. The molecule has 0 aliphatic carbocycles. The van der Waals surface area contributed by atoms with E-state index in [9.17, 15) is 13.6 Å². The van der Waals surface area contributed by atoms with Gasteiger partial charge in [0.05, 0.1) is 11.7 Å². The number of ether oxygens (including phenoxy) is 2. The fraction of sp³-hybridized carbons (Fsp3) is 0.500. The molecule has 0 radical (unpaired) electrons. The van der Waals surface area contributed by atoms with Gasteiger partial charge in [0.1, 0.15) is 12.7 Å². The third kappa shape index (κ3) is 3.29.